The second kappa shape index (κ2) is 26.4. The Morgan fingerprint density at radius 3 is 1.13 bits per heavy atom. The van der Waals surface area contributed by atoms with Crippen LogP contribution in [0.25, 0.3) is 0 Å². The normalized spacial score (nSPS) is 14.6. The van der Waals surface area contributed by atoms with E-state index in [-0.39, 0.29) is 13.1 Å². The number of carbonyl (C=O) groups excluding carboxylic acids is 2. The van der Waals surface area contributed by atoms with Crippen molar-refractivity contribution in [1.82, 2.24) is 14.7 Å². The second-order valence-corrected chi connectivity index (χ2v) is 18.4. The summed E-state index contributed by atoms with van der Waals surface area (Å²) in [5.74, 6) is -6.86. The van der Waals surface area contributed by atoms with Crippen LogP contribution in [-0.4, -0.2) is 172 Å². The number of rotatable bonds is 33. The molecule has 0 aliphatic rings. The molecule has 0 aliphatic carbocycles. The van der Waals surface area contributed by atoms with E-state index in [9.17, 15) is 78.5 Å². The molecule has 0 spiro atoms. The second-order valence-electron chi connectivity index (χ2n) is 13.7. The highest BCUT2D eigenvalue weighted by Crippen LogP contribution is 2.14. The fourth-order valence-corrected chi connectivity index (χ4v) is 7.44. The SMILES string of the molecule is CCCCCCCCN(CC(O)CN(CCS(=O)(=O)O)CC(O)CN(CCCCCCCC)C(=O)CC(C(=O)O)S(=O)(=O)O)C(=O)CC(C(=O)O)S(=O)(=O)O. The van der Waals surface area contributed by atoms with Crippen LogP contribution in [0.5, 0.6) is 0 Å². The van der Waals surface area contributed by atoms with Crippen molar-refractivity contribution in [2.45, 2.75) is 126 Å². The van der Waals surface area contributed by atoms with E-state index in [4.69, 9.17) is 0 Å². The topological polar surface area (TPSA) is 322 Å². The van der Waals surface area contributed by atoms with Gasteiger partial charge in [-0.15, -0.1) is 0 Å². The predicted molar refractivity (Wildman–Crippen MR) is 200 cm³/mol. The zero-order chi connectivity index (χ0) is 42.4. The number of carboxylic acids is 2. The minimum absolute atomic E-state index is 0.0378. The zero-order valence-electron chi connectivity index (χ0n) is 31.6. The molecule has 4 atom stereocenters. The van der Waals surface area contributed by atoms with E-state index in [0.717, 1.165) is 61.2 Å². The van der Waals surface area contributed by atoms with Gasteiger partial charge in [-0.1, -0.05) is 78.1 Å². The molecule has 7 N–H and O–H groups in total. The maximum Gasteiger partial charge on any atom is 0.324 e. The summed E-state index contributed by atoms with van der Waals surface area (Å²) < 4.78 is 97.9. The van der Waals surface area contributed by atoms with Crippen LogP contribution < -0.4 is 0 Å². The molecule has 0 aromatic carbocycles. The van der Waals surface area contributed by atoms with Gasteiger partial charge in [-0.2, -0.15) is 25.3 Å². The highest BCUT2D eigenvalue weighted by atomic mass is 32.2. The summed E-state index contributed by atoms with van der Waals surface area (Å²) in [5.41, 5.74) is 0. The number of amides is 2. The average molecular weight is 856 g/mol. The van der Waals surface area contributed by atoms with Crippen LogP contribution in [0.2, 0.25) is 0 Å². The lowest BCUT2D eigenvalue weighted by molar-refractivity contribution is -0.141. The van der Waals surface area contributed by atoms with Crippen molar-refractivity contribution >= 4 is 54.1 Å². The number of aliphatic carboxylic acids is 2. The van der Waals surface area contributed by atoms with Crippen molar-refractivity contribution in [2.24, 2.45) is 0 Å². The first-order valence-electron chi connectivity index (χ1n) is 18.4. The van der Waals surface area contributed by atoms with Gasteiger partial charge in [-0.3, -0.25) is 37.7 Å². The Labute approximate surface area is 324 Å². The standard InChI is InChI=1S/C32H61N3O17S3/c1-3-5-7-9-11-13-15-34(29(38)19-27(31(40)41)54(47,48)49)23-25(36)21-33(17-18-53(44,45)46)22-26(37)24-35(16-14-12-10-8-6-4-2)30(39)20-28(32(42)43)55(50,51)52/h25-28,36-37H,3-24H2,1-2H3,(H,40,41)(H,42,43)(H,44,45,46)(H,47,48,49)(H,50,51,52). The number of carbonyl (C=O) groups is 4. The third-order valence-corrected chi connectivity index (χ3v) is 11.6. The molecule has 0 fully saturated rings. The number of nitrogens with zero attached hydrogens (tertiary/aromatic N) is 3. The molecular weight excluding hydrogens is 795 g/mol. The van der Waals surface area contributed by atoms with Crippen molar-refractivity contribution in [2.75, 3.05) is 51.6 Å². The van der Waals surface area contributed by atoms with Gasteiger partial charge < -0.3 is 30.2 Å². The third kappa shape index (κ3) is 24.7. The number of aliphatic hydroxyl groups is 2. The van der Waals surface area contributed by atoms with Gasteiger partial charge in [-0.05, 0) is 12.8 Å². The van der Waals surface area contributed by atoms with Gasteiger partial charge in [-0.25, -0.2) is 0 Å². The molecule has 55 heavy (non-hydrogen) atoms. The van der Waals surface area contributed by atoms with Crippen LogP contribution in [0.3, 0.4) is 0 Å². The maximum atomic E-state index is 13.1. The number of carboxylic acid groups (broad SMARTS) is 2. The van der Waals surface area contributed by atoms with E-state index < -0.39 is 128 Å². The summed E-state index contributed by atoms with van der Waals surface area (Å²) in [6.07, 6.45) is 4.00. The number of hydrogen-bond acceptors (Lipinski definition) is 13. The van der Waals surface area contributed by atoms with Crippen LogP contribution >= 0.6 is 0 Å². The fourth-order valence-electron chi connectivity index (χ4n) is 5.74. The smallest absolute Gasteiger partial charge is 0.324 e. The molecule has 0 rings (SSSR count). The molecule has 324 valence electrons. The molecule has 2 amide bonds. The summed E-state index contributed by atoms with van der Waals surface area (Å²) in [4.78, 5) is 52.5. The van der Waals surface area contributed by atoms with Crippen LogP contribution in [0, 0.1) is 0 Å². The van der Waals surface area contributed by atoms with Crippen LogP contribution in [0.4, 0.5) is 0 Å². The molecular formula is C32H61N3O17S3. The molecule has 0 bridgehead atoms. The van der Waals surface area contributed by atoms with Crippen molar-refractivity contribution in [1.29, 1.82) is 0 Å². The van der Waals surface area contributed by atoms with Gasteiger partial charge in [0.1, 0.15) is 0 Å². The van der Waals surface area contributed by atoms with Gasteiger partial charge in [0.2, 0.25) is 11.8 Å². The fraction of sp³-hybridized carbons (Fsp3) is 0.875. The van der Waals surface area contributed by atoms with E-state index in [1.54, 1.807) is 0 Å². The summed E-state index contributed by atoms with van der Waals surface area (Å²) >= 11 is 0. The minimum Gasteiger partial charge on any atom is -0.480 e. The molecule has 0 heterocycles. The lowest BCUT2D eigenvalue weighted by atomic mass is 10.1. The predicted octanol–water partition coefficient (Wildman–Crippen LogP) is 0.738. The maximum absolute atomic E-state index is 13.1. The van der Waals surface area contributed by atoms with Gasteiger partial charge in [0.25, 0.3) is 30.4 Å². The summed E-state index contributed by atoms with van der Waals surface area (Å²) in [6.45, 7) is 1.50. The quantitative estimate of drug-likeness (QED) is 0.0353. The summed E-state index contributed by atoms with van der Waals surface area (Å²) in [7, 11) is -14.9. The Hall–Kier alpha value is -2.51. The van der Waals surface area contributed by atoms with Crippen molar-refractivity contribution in [3.63, 3.8) is 0 Å². The minimum atomic E-state index is -5.18. The highest BCUT2D eigenvalue weighted by molar-refractivity contribution is 7.87. The van der Waals surface area contributed by atoms with Gasteiger partial charge in [0, 0.05) is 45.8 Å². The Balaban J connectivity index is 6.14. The number of hydrogen-bond donors (Lipinski definition) is 7. The molecule has 4 unspecified atom stereocenters. The molecule has 0 aliphatic heterocycles. The first-order chi connectivity index (χ1) is 25.4. The van der Waals surface area contributed by atoms with Gasteiger partial charge in [0.05, 0.1) is 30.8 Å². The lowest BCUT2D eigenvalue weighted by Gasteiger charge is -2.32. The molecule has 0 saturated heterocycles. The van der Waals surface area contributed by atoms with E-state index in [1.807, 2.05) is 13.8 Å². The van der Waals surface area contributed by atoms with Crippen molar-refractivity contribution in [3.05, 3.63) is 0 Å². The molecule has 0 saturated carbocycles. The molecule has 0 aromatic rings. The van der Waals surface area contributed by atoms with Crippen molar-refractivity contribution < 1.29 is 78.5 Å². The van der Waals surface area contributed by atoms with Crippen LogP contribution in [0.15, 0.2) is 0 Å². The van der Waals surface area contributed by atoms with E-state index in [2.05, 4.69) is 0 Å². The number of unbranched alkanes of at least 4 members (excludes halogenated alkanes) is 10. The first kappa shape index (κ1) is 52.5. The van der Waals surface area contributed by atoms with Gasteiger partial charge in [0.15, 0.2) is 10.5 Å². The largest absolute Gasteiger partial charge is 0.480 e. The highest BCUT2D eigenvalue weighted by Gasteiger charge is 2.36. The van der Waals surface area contributed by atoms with E-state index in [0.29, 0.717) is 25.7 Å². The summed E-state index contributed by atoms with van der Waals surface area (Å²) in [5, 5.41) is 35.7. The Morgan fingerprint density at radius 2 is 0.836 bits per heavy atom. The molecule has 0 aromatic heterocycles. The van der Waals surface area contributed by atoms with Crippen LogP contribution in [0.1, 0.15) is 104 Å². The zero-order valence-corrected chi connectivity index (χ0v) is 34.1. The van der Waals surface area contributed by atoms with Crippen LogP contribution in [-0.2, 0) is 49.5 Å². The van der Waals surface area contributed by atoms with Crippen molar-refractivity contribution in [3.8, 4) is 0 Å². The Bertz CT molecular complexity index is 1420. The Morgan fingerprint density at radius 1 is 0.509 bits per heavy atom. The van der Waals surface area contributed by atoms with E-state index in [1.165, 1.54) is 4.90 Å². The molecule has 20 nitrogen and oxygen atoms in total. The van der Waals surface area contributed by atoms with E-state index >= 15 is 0 Å². The average Bonchev–Trinajstić information content (AvgIpc) is 3.04. The molecule has 0 radical (unpaired) electrons. The third-order valence-electron chi connectivity index (χ3n) is 8.72. The summed E-state index contributed by atoms with van der Waals surface area (Å²) in [6, 6.07) is 0. The number of aliphatic hydroxyl groups excluding tert-OH is 2. The first-order valence-corrected chi connectivity index (χ1v) is 23.0. The molecule has 23 heteroatoms. The Kier molecular flexibility index (Phi) is 25.2. The monoisotopic (exact) mass is 855 g/mol. The lowest BCUT2D eigenvalue weighted by Crippen LogP contribution is -2.49. The van der Waals surface area contributed by atoms with Gasteiger partial charge >= 0.3 is 11.9 Å².